The van der Waals surface area contributed by atoms with Gasteiger partial charge in [0.2, 0.25) is 0 Å². The number of aryl methyl sites for hydroxylation is 1. The van der Waals surface area contributed by atoms with Crippen LogP contribution >= 0.6 is 15.9 Å². The number of hydrogen-bond acceptors (Lipinski definition) is 3. The van der Waals surface area contributed by atoms with Gasteiger partial charge < -0.3 is 15.2 Å². The van der Waals surface area contributed by atoms with E-state index in [9.17, 15) is 0 Å². The summed E-state index contributed by atoms with van der Waals surface area (Å²) in [5, 5.41) is 0. The van der Waals surface area contributed by atoms with Crippen molar-refractivity contribution in [2.24, 2.45) is 5.73 Å². The van der Waals surface area contributed by atoms with Crippen LogP contribution in [-0.2, 0) is 0 Å². The van der Waals surface area contributed by atoms with E-state index in [4.69, 9.17) is 15.2 Å². The summed E-state index contributed by atoms with van der Waals surface area (Å²) in [5.74, 6) is 2.28. The van der Waals surface area contributed by atoms with Crippen LogP contribution in [-0.4, -0.2) is 7.11 Å². The third kappa shape index (κ3) is 3.14. The Hall–Kier alpha value is -1.52. The number of benzene rings is 2. The second-order valence-corrected chi connectivity index (χ2v) is 5.59. The van der Waals surface area contributed by atoms with Gasteiger partial charge in [0, 0.05) is 10.5 Å². The fourth-order valence-electron chi connectivity index (χ4n) is 2.09. The maximum atomic E-state index is 6.04. The fraction of sp³-hybridized carbons (Fsp3) is 0.250. The van der Waals surface area contributed by atoms with Crippen molar-refractivity contribution in [2.75, 3.05) is 7.11 Å². The van der Waals surface area contributed by atoms with Gasteiger partial charge in [0.1, 0.15) is 17.2 Å². The Balaban J connectivity index is 2.43. The SMILES string of the molecule is COc1cccc(Oc2ccc(Br)cc2C)c1[C@H](C)N. The zero-order chi connectivity index (χ0) is 14.7. The number of nitrogens with two attached hydrogens (primary N) is 1. The van der Waals surface area contributed by atoms with Gasteiger partial charge in [-0.15, -0.1) is 0 Å². The first-order valence-electron chi connectivity index (χ1n) is 6.39. The first kappa shape index (κ1) is 14.9. The standard InChI is InChI=1S/C16H18BrNO2/c1-10-9-12(17)7-8-13(10)20-15-6-4-5-14(19-3)16(15)11(2)18/h4-9,11H,18H2,1-3H3/t11-/m0/s1. The molecule has 0 spiro atoms. The summed E-state index contributed by atoms with van der Waals surface area (Å²) in [7, 11) is 1.63. The van der Waals surface area contributed by atoms with E-state index in [0.717, 1.165) is 32.8 Å². The average molecular weight is 336 g/mol. The zero-order valence-corrected chi connectivity index (χ0v) is 13.4. The van der Waals surface area contributed by atoms with E-state index in [1.807, 2.05) is 50.2 Å². The highest BCUT2D eigenvalue weighted by Crippen LogP contribution is 2.36. The van der Waals surface area contributed by atoms with Crippen molar-refractivity contribution in [2.45, 2.75) is 19.9 Å². The maximum Gasteiger partial charge on any atom is 0.135 e. The number of rotatable bonds is 4. The Morgan fingerprint density at radius 3 is 2.40 bits per heavy atom. The molecule has 2 aromatic rings. The van der Waals surface area contributed by atoms with Crippen molar-refractivity contribution in [3.05, 3.63) is 52.0 Å². The number of methoxy groups -OCH3 is 1. The van der Waals surface area contributed by atoms with E-state index in [2.05, 4.69) is 15.9 Å². The van der Waals surface area contributed by atoms with Gasteiger partial charge in [-0.3, -0.25) is 0 Å². The topological polar surface area (TPSA) is 44.5 Å². The molecule has 0 aromatic heterocycles. The first-order chi connectivity index (χ1) is 9.52. The third-order valence-electron chi connectivity index (χ3n) is 3.06. The van der Waals surface area contributed by atoms with Crippen LogP contribution in [0.5, 0.6) is 17.2 Å². The largest absolute Gasteiger partial charge is 0.496 e. The summed E-state index contributed by atoms with van der Waals surface area (Å²) in [6.07, 6.45) is 0. The van der Waals surface area contributed by atoms with Crippen LogP contribution in [0, 0.1) is 6.92 Å². The van der Waals surface area contributed by atoms with Crippen LogP contribution < -0.4 is 15.2 Å². The van der Waals surface area contributed by atoms with Crippen LogP contribution in [0.3, 0.4) is 0 Å². The lowest BCUT2D eigenvalue weighted by Crippen LogP contribution is -2.08. The molecule has 0 aliphatic rings. The molecule has 2 rings (SSSR count). The molecule has 0 saturated carbocycles. The Labute approximate surface area is 127 Å². The summed E-state index contributed by atoms with van der Waals surface area (Å²) in [5.41, 5.74) is 7.97. The molecule has 0 bridgehead atoms. The molecule has 2 aromatic carbocycles. The van der Waals surface area contributed by atoms with Crippen molar-refractivity contribution in [3.8, 4) is 17.2 Å². The van der Waals surface area contributed by atoms with Gasteiger partial charge in [0.15, 0.2) is 0 Å². The van der Waals surface area contributed by atoms with E-state index in [-0.39, 0.29) is 6.04 Å². The molecular formula is C16H18BrNO2. The van der Waals surface area contributed by atoms with Crippen molar-refractivity contribution in [1.82, 2.24) is 0 Å². The monoisotopic (exact) mass is 335 g/mol. The van der Waals surface area contributed by atoms with Crippen LogP contribution in [0.4, 0.5) is 0 Å². The van der Waals surface area contributed by atoms with Crippen molar-refractivity contribution < 1.29 is 9.47 Å². The Bertz CT molecular complexity index is 611. The molecular weight excluding hydrogens is 318 g/mol. The minimum Gasteiger partial charge on any atom is -0.496 e. The molecule has 0 fully saturated rings. The number of hydrogen-bond donors (Lipinski definition) is 1. The van der Waals surface area contributed by atoms with Crippen LogP contribution in [0.25, 0.3) is 0 Å². The summed E-state index contributed by atoms with van der Waals surface area (Å²) in [6.45, 7) is 3.92. The average Bonchev–Trinajstić information content (AvgIpc) is 2.41. The van der Waals surface area contributed by atoms with Gasteiger partial charge >= 0.3 is 0 Å². The van der Waals surface area contributed by atoms with Crippen molar-refractivity contribution >= 4 is 15.9 Å². The predicted molar refractivity (Wildman–Crippen MR) is 84.5 cm³/mol. The highest BCUT2D eigenvalue weighted by atomic mass is 79.9. The molecule has 0 saturated heterocycles. The van der Waals surface area contributed by atoms with Crippen molar-refractivity contribution in [3.63, 3.8) is 0 Å². The Morgan fingerprint density at radius 1 is 1.10 bits per heavy atom. The molecule has 0 aliphatic heterocycles. The lowest BCUT2D eigenvalue weighted by molar-refractivity contribution is 0.397. The van der Waals surface area contributed by atoms with E-state index in [1.165, 1.54) is 0 Å². The Kier molecular flexibility index (Phi) is 4.68. The van der Waals surface area contributed by atoms with Crippen molar-refractivity contribution in [1.29, 1.82) is 0 Å². The third-order valence-corrected chi connectivity index (χ3v) is 3.55. The van der Waals surface area contributed by atoms with Gasteiger partial charge in [-0.2, -0.15) is 0 Å². The van der Waals surface area contributed by atoms with E-state index >= 15 is 0 Å². The number of ether oxygens (including phenoxy) is 2. The summed E-state index contributed by atoms with van der Waals surface area (Å²) >= 11 is 3.45. The van der Waals surface area contributed by atoms with Gasteiger partial charge in [-0.25, -0.2) is 0 Å². The highest BCUT2D eigenvalue weighted by molar-refractivity contribution is 9.10. The molecule has 1 atom stereocenters. The molecule has 0 heterocycles. The highest BCUT2D eigenvalue weighted by Gasteiger charge is 2.15. The van der Waals surface area contributed by atoms with E-state index < -0.39 is 0 Å². The second kappa shape index (κ2) is 6.29. The maximum absolute atomic E-state index is 6.04. The molecule has 0 amide bonds. The molecule has 0 radical (unpaired) electrons. The minimum atomic E-state index is -0.170. The van der Waals surface area contributed by atoms with E-state index in [1.54, 1.807) is 7.11 Å². The van der Waals surface area contributed by atoms with Gasteiger partial charge in [-0.05, 0) is 49.7 Å². The minimum absolute atomic E-state index is 0.170. The Morgan fingerprint density at radius 2 is 1.80 bits per heavy atom. The summed E-state index contributed by atoms with van der Waals surface area (Å²) in [4.78, 5) is 0. The molecule has 20 heavy (non-hydrogen) atoms. The first-order valence-corrected chi connectivity index (χ1v) is 7.18. The lowest BCUT2D eigenvalue weighted by Gasteiger charge is -2.18. The molecule has 2 N–H and O–H groups in total. The molecule has 0 aliphatic carbocycles. The van der Waals surface area contributed by atoms with Crippen LogP contribution in [0.15, 0.2) is 40.9 Å². The molecule has 0 unspecified atom stereocenters. The zero-order valence-electron chi connectivity index (χ0n) is 11.8. The normalized spacial score (nSPS) is 12.1. The van der Waals surface area contributed by atoms with E-state index in [0.29, 0.717) is 0 Å². The fourth-order valence-corrected chi connectivity index (χ4v) is 2.56. The smallest absolute Gasteiger partial charge is 0.135 e. The molecule has 106 valence electrons. The summed E-state index contributed by atoms with van der Waals surface area (Å²) in [6, 6.07) is 11.4. The van der Waals surface area contributed by atoms with Gasteiger partial charge in [0.25, 0.3) is 0 Å². The van der Waals surface area contributed by atoms with Crippen LogP contribution in [0.1, 0.15) is 24.1 Å². The van der Waals surface area contributed by atoms with Crippen LogP contribution in [0.2, 0.25) is 0 Å². The quantitative estimate of drug-likeness (QED) is 0.889. The van der Waals surface area contributed by atoms with Gasteiger partial charge in [-0.1, -0.05) is 22.0 Å². The second-order valence-electron chi connectivity index (χ2n) is 4.67. The number of halogens is 1. The summed E-state index contributed by atoms with van der Waals surface area (Å²) < 4.78 is 12.4. The molecule has 4 heteroatoms. The molecule has 3 nitrogen and oxygen atoms in total. The lowest BCUT2D eigenvalue weighted by atomic mass is 10.1. The van der Waals surface area contributed by atoms with Gasteiger partial charge in [0.05, 0.1) is 12.7 Å². The predicted octanol–water partition coefficient (Wildman–Crippen LogP) is 4.58.